The molecule has 4 rings (SSSR count). The highest BCUT2D eigenvalue weighted by Crippen LogP contribution is 2.25. The van der Waals surface area contributed by atoms with Crippen molar-refractivity contribution in [3.63, 3.8) is 0 Å². The summed E-state index contributed by atoms with van der Waals surface area (Å²) in [6.45, 7) is 0.250. The molecular weight excluding hydrogens is 432 g/mol. The van der Waals surface area contributed by atoms with Crippen LogP contribution in [0, 0.1) is 0 Å². The minimum absolute atomic E-state index is 0.0538. The minimum Gasteiger partial charge on any atom is -0.411 e. The van der Waals surface area contributed by atoms with Crippen molar-refractivity contribution in [2.24, 2.45) is 0 Å². The molecule has 0 saturated heterocycles. The van der Waals surface area contributed by atoms with Crippen molar-refractivity contribution in [3.05, 3.63) is 46.7 Å². The second kappa shape index (κ2) is 8.66. The van der Waals surface area contributed by atoms with Crippen LogP contribution in [0.15, 0.2) is 56.3 Å². The number of aromatic nitrogens is 2. The number of thioether (sulfide) groups is 1. The van der Waals surface area contributed by atoms with Gasteiger partial charge in [-0.1, -0.05) is 17.8 Å². The Morgan fingerprint density at radius 3 is 2.69 bits per heavy atom. The van der Waals surface area contributed by atoms with Crippen LogP contribution in [0.25, 0.3) is 11.5 Å². The summed E-state index contributed by atoms with van der Waals surface area (Å²) < 4.78 is 33.0. The molecule has 2 N–H and O–H groups in total. The number of amides is 1. The molecule has 0 unspecified atom stereocenters. The van der Waals surface area contributed by atoms with Gasteiger partial charge < -0.3 is 9.73 Å². The molecule has 1 saturated carbocycles. The number of rotatable bonds is 9. The van der Waals surface area contributed by atoms with Crippen LogP contribution in [0.1, 0.15) is 17.7 Å². The lowest BCUT2D eigenvalue weighted by atomic mass is 10.2. The van der Waals surface area contributed by atoms with Gasteiger partial charge in [-0.15, -0.1) is 21.5 Å². The molecule has 8 nitrogen and oxygen atoms in total. The maximum atomic E-state index is 12.4. The zero-order valence-corrected chi connectivity index (χ0v) is 17.6. The third-order valence-corrected chi connectivity index (χ3v) is 7.22. The first-order valence-electron chi connectivity index (χ1n) is 8.88. The Labute approximate surface area is 176 Å². The van der Waals surface area contributed by atoms with E-state index in [0.717, 1.165) is 17.7 Å². The van der Waals surface area contributed by atoms with Crippen LogP contribution in [-0.4, -0.2) is 36.3 Å². The molecule has 29 heavy (non-hydrogen) atoms. The van der Waals surface area contributed by atoms with E-state index >= 15 is 0 Å². The molecule has 2 aromatic heterocycles. The third kappa shape index (κ3) is 5.44. The first-order chi connectivity index (χ1) is 14.0. The Bertz CT molecular complexity index is 1070. The number of nitrogens with one attached hydrogen (secondary N) is 2. The zero-order valence-electron chi connectivity index (χ0n) is 15.2. The Balaban J connectivity index is 1.36. The third-order valence-electron chi connectivity index (χ3n) is 4.10. The van der Waals surface area contributed by atoms with Gasteiger partial charge >= 0.3 is 0 Å². The van der Waals surface area contributed by atoms with Gasteiger partial charge in [0.2, 0.25) is 21.8 Å². The molecule has 3 aromatic rings. The van der Waals surface area contributed by atoms with E-state index in [9.17, 15) is 13.2 Å². The topological polar surface area (TPSA) is 114 Å². The van der Waals surface area contributed by atoms with Gasteiger partial charge in [0.1, 0.15) is 0 Å². The Morgan fingerprint density at radius 1 is 1.21 bits per heavy atom. The normalized spacial score (nSPS) is 14.1. The highest BCUT2D eigenvalue weighted by molar-refractivity contribution is 7.99. The Kier molecular flexibility index (Phi) is 5.99. The Hall–Kier alpha value is -2.21. The number of hydrogen-bond donors (Lipinski definition) is 2. The molecular formula is C18H18N4O4S3. The van der Waals surface area contributed by atoms with E-state index in [2.05, 4.69) is 20.2 Å². The summed E-state index contributed by atoms with van der Waals surface area (Å²) in [5.41, 5.74) is 0.601. The average molecular weight is 451 g/mol. The van der Waals surface area contributed by atoms with E-state index in [1.165, 1.54) is 35.2 Å². The van der Waals surface area contributed by atoms with Crippen LogP contribution in [0.5, 0.6) is 0 Å². The van der Waals surface area contributed by atoms with Gasteiger partial charge in [-0.05, 0) is 48.6 Å². The quantitative estimate of drug-likeness (QED) is 0.482. The zero-order chi connectivity index (χ0) is 20.3. The van der Waals surface area contributed by atoms with Crippen LogP contribution >= 0.6 is 23.1 Å². The number of hydrogen-bond acceptors (Lipinski definition) is 8. The molecule has 152 valence electrons. The fourth-order valence-electron chi connectivity index (χ4n) is 2.45. The van der Waals surface area contributed by atoms with Crippen LogP contribution in [0.3, 0.4) is 0 Å². The fourth-order valence-corrected chi connectivity index (χ4v) is 4.77. The van der Waals surface area contributed by atoms with Gasteiger partial charge in [-0.2, -0.15) is 0 Å². The summed E-state index contributed by atoms with van der Waals surface area (Å²) in [5.74, 6) is 0.429. The molecule has 1 aliphatic rings. The summed E-state index contributed by atoms with van der Waals surface area (Å²) in [7, 11) is -3.61. The van der Waals surface area contributed by atoms with Gasteiger partial charge in [0, 0.05) is 23.0 Å². The molecule has 11 heteroatoms. The van der Waals surface area contributed by atoms with Crippen molar-refractivity contribution < 1.29 is 17.6 Å². The predicted molar refractivity (Wildman–Crippen MR) is 110 cm³/mol. The van der Waals surface area contributed by atoms with Gasteiger partial charge in [0.15, 0.2) is 0 Å². The van der Waals surface area contributed by atoms with Crippen molar-refractivity contribution in [3.8, 4) is 11.5 Å². The van der Waals surface area contributed by atoms with Crippen molar-refractivity contribution in [1.82, 2.24) is 20.2 Å². The van der Waals surface area contributed by atoms with Crippen LogP contribution < -0.4 is 10.0 Å². The molecule has 2 heterocycles. The number of benzene rings is 1. The Morgan fingerprint density at radius 2 is 2.00 bits per heavy atom. The number of sulfonamides is 1. The second-order valence-corrected chi connectivity index (χ2v) is 10.2. The summed E-state index contributed by atoms with van der Waals surface area (Å²) >= 11 is 2.66. The molecule has 0 spiro atoms. The maximum Gasteiger partial charge on any atom is 0.277 e. The average Bonchev–Trinajstić information content (AvgIpc) is 3.20. The molecule has 1 fully saturated rings. The summed E-state index contributed by atoms with van der Waals surface area (Å²) in [6, 6.07) is 10.3. The standard InChI is InChI=1S/C18H18N4O4S3/c23-16(20-13-5-6-13)11-28-18-22-21-17(26-18)12-3-7-15(8-4-12)29(24,25)19-10-14-2-1-9-27-14/h1-4,7-9,13,19H,5-6,10-11H2,(H,20,23). The van der Waals surface area contributed by atoms with Gasteiger partial charge in [-0.25, -0.2) is 13.1 Å². The molecule has 0 atom stereocenters. The first-order valence-corrected chi connectivity index (χ1v) is 12.2. The van der Waals surface area contributed by atoms with Crippen molar-refractivity contribution in [2.45, 2.75) is 35.5 Å². The van der Waals surface area contributed by atoms with E-state index in [1.807, 2.05) is 17.5 Å². The maximum absolute atomic E-state index is 12.4. The second-order valence-electron chi connectivity index (χ2n) is 6.43. The SMILES string of the molecule is O=C(CSc1nnc(-c2ccc(S(=O)(=O)NCc3cccs3)cc2)o1)NC1CC1. The first kappa shape index (κ1) is 20.1. The monoisotopic (exact) mass is 450 g/mol. The highest BCUT2D eigenvalue weighted by Gasteiger charge is 2.23. The number of nitrogens with zero attached hydrogens (tertiary/aromatic N) is 2. The van der Waals surface area contributed by atoms with Crippen molar-refractivity contribution >= 4 is 39.0 Å². The van der Waals surface area contributed by atoms with Crippen molar-refractivity contribution in [2.75, 3.05) is 5.75 Å². The minimum atomic E-state index is -3.61. The summed E-state index contributed by atoms with van der Waals surface area (Å²) in [5, 5.41) is 13.0. The number of thiophene rings is 1. The summed E-state index contributed by atoms with van der Waals surface area (Å²) in [6.07, 6.45) is 2.08. The molecule has 0 aliphatic heterocycles. The highest BCUT2D eigenvalue weighted by atomic mass is 32.2. The van der Waals surface area contributed by atoms with E-state index in [4.69, 9.17) is 4.42 Å². The van der Waals surface area contributed by atoms with E-state index in [-0.39, 0.29) is 29.0 Å². The van der Waals surface area contributed by atoms with E-state index in [0.29, 0.717) is 16.8 Å². The predicted octanol–water partition coefficient (Wildman–Crippen LogP) is 2.65. The molecule has 1 amide bonds. The van der Waals surface area contributed by atoms with Gasteiger partial charge in [0.25, 0.3) is 5.22 Å². The van der Waals surface area contributed by atoms with Crippen molar-refractivity contribution in [1.29, 1.82) is 0 Å². The summed E-state index contributed by atoms with van der Waals surface area (Å²) in [4.78, 5) is 12.8. The molecule has 0 bridgehead atoms. The number of carbonyl (C=O) groups excluding carboxylic acids is 1. The molecule has 1 aromatic carbocycles. The van der Waals surface area contributed by atoms with Crippen LogP contribution in [-0.2, 0) is 21.4 Å². The van der Waals surface area contributed by atoms with E-state index in [1.54, 1.807) is 12.1 Å². The van der Waals surface area contributed by atoms with Gasteiger partial charge in [0.05, 0.1) is 10.6 Å². The lowest BCUT2D eigenvalue weighted by molar-refractivity contribution is -0.118. The van der Waals surface area contributed by atoms with E-state index < -0.39 is 10.0 Å². The lowest BCUT2D eigenvalue weighted by Gasteiger charge is -2.06. The molecule has 1 aliphatic carbocycles. The largest absolute Gasteiger partial charge is 0.411 e. The number of carbonyl (C=O) groups is 1. The lowest BCUT2D eigenvalue weighted by Crippen LogP contribution is -2.26. The van der Waals surface area contributed by atoms with Gasteiger partial charge in [-0.3, -0.25) is 4.79 Å². The fraction of sp³-hybridized carbons (Fsp3) is 0.278. The van der Waals surface area contributed by atoms with Crippen LogP contribution in [0.4, 0.5) is 0 Å². The smallest absolute Gasteiger partial charge is 0.277 e. The van der Waals surface area contributed by atoms with Crippen LogP contribution in [0.2, 0.25) is 0 Å². The molecule has 0 radical (unpaired) electrons.